The second-order valence-corrected chi connectivity index (χ2v) is 5.95. The highest BCUT2D eigenvalue weighted by atomic mass is 79.9. The number of carbonyl (C=O) groups is 1. The zero-order valence-corrected chi connectivity index (χ0v) is 11.6. The first-order valence-electron chi connectivity index (χ1n) is 5.31. The Bertz CT molecular complexity index is 397. The minimum atomic E-state index is 0.553. The molecular weight excluding hydrogens is 286 g/mol. The lowest BCUT2D eigenvalue weighted by Crippen LogP contribution is -2.40. The third-order valence-electron chi connectivity index (χ3n) is 2.78. The van der Waals surface area contributed by atoms with E-state index in [0.29, 0.717) is 6.04 Å². The molecule has 4 heteroatoms. The quantitative estimate of drug-likeness (QED) is 0.782. The van der Waals surface area contributed by atoms with Gasteiger partial charge >= 0.3 is 0 Å². The molecule has 1 saturated heterocycles. The predicted octanol–water partition coefficient (Wildman–Crippen LogP) is 3.20. The Morgan fingerprint density at radius 2 is 2.38 bits per heavy atom. The van der Waals surface area contributed by atoms with E-state index in [9.17, 15) is 4.79 Å². The molecule has 0 spiro atoms. The van der Waals surface area contributed by atoms with Gasteiger partial charge in [-0.05, 0) is 41.1 Å². The number of aldehydes is 1. The highest BCUT2D eigenvalue weighted by Crippen LogP contribution is 2.31. The number of carbonyl (C=O) groups excluding carboxylic acids is 1. The second-order valence-electron chi connectivity index (χ2n) is 3.95. The van der Waals surface area contributed by atoms with Crippen molar-refractivity contribution >= 4 is 39.7 Å². The monoisotopic (exact) mass is 299 g/mol. The topological polar surface area (TPSA) is 20.3 Å². The van der Waals surface area contributed by atoms with Crippen LogP contribution in [0.3, 0.4) is 0 Å². The fraction of sp³-hybridized carbons (Fsp3) is 0.417. The fourth-order valence-electron chi connectivity index (χ4n) is 1.91. The Kier molecular flexibility index (Phi) is 3.92. The van der Waals surface area contributed by atoms with Crippen molar-refractivity contribution in [2.75, 3.05) is 23.0 Å². The molecule has 1 atom stereocenters. The van der Waals surface area contributed by atoms with Crippen LogP contribution in [-0.2, 0) is 0 Å². The summed E-state index contributed by atoms with van der Waals surface area (Å²) in [5.41, 5.74) is 1.91. The van der Waals surface area contributed by atoms with Crippen LogP contribution < -0.4 is 4.90 Å². The summed E-state index contributed by atoms with van der Waals surface area (Å²) in [4.78, 5) is 13.1. The molecule has 0 aromatic heterocycles. The number of hydrogen-bond donors (Lipinski definition) is 0. The molecule has 2 nitrogen and oxygen atoms in total. The van der Waals surface area contributed by atoms with E-state index in [0.717, 1.165) is 22.9 Å². The second kappa shape index (κ2) is 5.23. The molecule has 16 heavy (non-hydrogen) atoms. The number of anilines is 1. The van der Waals surface area contributed by atoms with E-state index in [1.165, 1.54) is 17.2 Å². The van der Waals surface area contributed by atoms with Crippen LogP contribution in [0, 0.1) is 0 Å². The largest absolute Gasteiger partial charge is 0.366 e. The molecule has 1 aromatic rings. The van der Waals surface area contributed by atoms with Crippen LogP contribution in [0.15, 0.2) is 22.7 Å². The smallest absolute Gasteiger partial charge is 0.150 e. The number of nitrogens with zero attached hydrogens (tertiary/aromatic N) is 1. The van der Waals surface area contributed by atoms with Crippen molar-refractivity contribution in [3.05, 3.63) is 28.2 Å². The zero-order valence-electron chi connectivity index (χ0n) is 9.15. The lowest BCUT2D eigenvalue weighted by atomic mass is 10.2. The molecule has 86 valence electrons. The molecule has 1 aliphatic heterocycles. The van der Waals surface area contributed by atoms with Gasteiger partial charge < -0.3 is 4.90 Å². The van der Waals surface area contributed by atoms with Gasteiger partial charge in [-0.25, -0.2) is 0 Å². The summed E-state index contributed by atoms with van der Waals surface area (Å²) < 4.78 is 1.01. The Balaban J connectivity index is 2.28. The summed E-state index contributed by atoms with van der Waals surface area (Å²) in [5, 5.41) is 0. The Labute approximate surface area is 109 Å². The Morgan fingerprint density at radius 3 is 3.00 bits per heavy atom. The van der Waals surface area contributed by atoms with Crippen molar-refractivity contribution in [1.82, 2.24) is 0 Å². The van der Waals surface area contributed by atoms with Gasteiger partial charge in [0.2, 0.25) is 0 Å². The van der Waals surface area contributed by atoms with Crippen LogP contribution in [0.2, 0.25) is 0 Å². The molecule has 1 aromatic carbocycles. The maximum Gasteiger partial charge on any atom is 0.150 e. The molecule has 0 N–H and O–H groups in total. The number of thioether (sulfide) groups is 1. The van der Waals surface area contributed by atoms with Gasteiger partial charge in [0.05, 0.1) is 5.69 Å². The summed E-state index contributed by atoms with van der Waals surface area (Å²) in [6.07, 6.45) is 0.879. The van der Waals surface area contributed by atoms with Crippen molar-refractivity contribution in [2.24, 2.45) is 0 Å². The number of benzene rings is 1. The third kappa shape index (κ3) is 2.43. The summed E-state index contributed by atoms with van der Waals surface area (Å²) in [7, 11) is 0. The highest BCUT2D eigenvalue weighted by Gasteiger charge is 2.20. The SMILES string of the molecule is CC1CSCCN1c1ccc(C=O)cc1Br. The highest BCUT2D eigenvalue weighted by molar-refractivity contribution is 9.10. The van der Waals surface area contributed by atoms with Gasteiger partial charge in [-0.3, -0.25) is 4.79 Å². The van der Waals surface area contributed by atoms with Gasteiger partial charge in [0.25, 0.3) is 0 Å². The Hall–Kier alpha value is -0.480. The molecule has 1 heterocycles. The summed E-state index contributed by atoms with van der Waals surface area (Å²) in [5.74, 6) is 2.34. The first-order valence-corrected chi connectivity index (χ1v) is 7.26. The van der Waals surface area contributed by atoms with Crippen LogP contribution >= 0.6 is 27.7 Å². The van der Waals surface area contributed by atoms with Crippen LogP contribution in [-0.4, -0.2) is 30.4 Å². The minimum Gasteiger partial charge on any atom is -0.366 e. The van der Waals surface area contributed by atoms with Gasteiger partial charge in [0.15, 0.2) is 0 Å². The van der Waals surface area contributed by atoms with Gasteiger partial charge in [-0.1, -0.05) is 0 Å². The lowest BCUT2D eigenvalue weighted by Gasteiger charge is -2.35. The van der Waals surface area contributed by atoms with Gasteiger partial charge in [0.1, 0.15) is 6.29 Å². The molecular formula is C12H14BrNOS. The zero-order chi connectivity index (χ0) is 11.5. The molecule has 0 aliphatic carbocycles. The van der Waals surface area contributed by atoms with Crippen LogP contribution in [0.25, 0.3) is 0 Å². The van der Waals surface area contributed by atoms with E-state index >= 15 is 0 Å². The molecule has 0 bridgehead atoms. The molecule has 1 fully saturated rings. The molecule has 0 radical (unpaired) electrons. The molecule has 2 rings (SSSR count). The van der Waals surface area contributed by atoms with Crippen molar-refractivity contribution in [2.45, 2.75) is 13.0 Å². The normalized spacial score (nSPS) is 20.9. The predicted molar refractivity (Wildman–Crippen MR) is 73.7 cm³/mol. The first-order chi connectivity index (χ1) is 7.72. The van der Waals surface area contributed by atoms with Crippen LogP contribution in [0.5, 0.6) is 0 Å². The first kappa shape index (κ1) is 12.0. The van der Waals surface area contributed by atoms with Crippen molar-refractivity contribution in [3.63, 3.8) is 0 Å². The van der Waals surface area contributed by atoms with E-state index in [1.807, 2.05) is 30.0 Å². The van der Waals surface area contributed by atoms with E-state index in [2.05, 4.69) is 27.8 Å². The van der Waals surface area contributed by atoms with Gasteiger partial charge in [-0.2, -0.15) is 11.8 Å². The molecule has 1 unspecified atom stereocenters. The molecule has 0 saturated carbocycles. The van der Waals surface area contributed by atoms with E-state index < -0.39 is 0 Å². The minimum absolute atomic E-state index is 0.553. The maximum atomic E-state index is 10.7. The maximum absolute atomic E-state index is 10.7. The van der Waals surface area contributed by atoms with Crippen LogP contribution in [0.4, 0.5) is 5.69 Å². The van der Waals surface area contributed by atoms with E-state index in [4.69, 9.17) is 0 Å². The average molecular weight is 300 g/mol. The van der Waals surface area contributed by atoms with Gasteiger partial charge in [0, 0.05) is 34.1 Å². The van der Waals surface area contributed by atoms with Crippen molar-refractivity contribution < 1.29 is 4.79 Å². The van der Waals surface area contributed by atoms with Crippen molar-refractivity contribution in [3.8, 4) is 0 Å². The van der Waals surface area contributed by atoms with Gasteiger partial charge in [-0.15, -0.1) is 0 Å². The fourth-order valence-corrected chi connectivity index (χ4v) is 3.55. The summed E-state index contributed by atoms with van der Waals surface area (Å²) >= 11 is 5.55. The summed E-state index contributed by atoms with van der Waals surface area (Å²) in [6, 6.07) is 6.34. The summed E-state index contributed by atoms with van der Waals surface area (Å²) in [6.45, 7) is 3.32. The standard InChI is InChI=1S/C12H14BrNOS/c1-9-8-16-5-4-14(9)12-3-2-10(7-15)6-11(12)13/h2-3,6-7,9H,4-5,8H2,1H3. The number of rotatable bonds is 2. The van der Waals surface area contributed by atoms with E-state index in [1.54, 1.807) is 0 Å². The molecule has 1 aliphatic rings. The Morgan fingerprint density at radius 1 is 1.56 bits per heavy atom. The average Bonchev–Trinajstić information content (AvgIpc) is 2.30. The lowest BCUT2D eigenvalue weighted by molar-refractivity contribution is 0.112. The third-order valence-corrected chi connectivity index (χ3v) is 4.61. The van der Waals surface area contributed by atoms with E-state index in [-0.39, 0.29) is 0 Å². The van der Waals surface area contributed by atoms with Crippen LogP contribution in [0.1, 0.15) is 17.3 Å². The van der Waals surface area contributed by atoms with Crippen molar-refractivity contribution in [1.29, 1.82) is 0 Å². The molecule has 0 amide bonds. The number of hydrogen-bond acceptors (Lipinski definition) is 3. The number of halogens is 1.